The molecular weight excluding hydrogens is 448 g/mol. The van der Waals surface area contributed by atoms with Crippen LogP contribution in [0.3, 0.4) is 0 Å². The Morgan fingerprint density at radius 1 is 1.05 bits per heavy atom. The van der Waals surface area contributed by atoms with E-state index in [1.807, 2.05) is 6.07 Å². The fourth-order valence-corrected chi connectivity index (χ4v) is 2.45. The van der Waals surface area contributed by atoms with Crippen LogP contribution in [0.5, 0.6) is 0 Å². The molecule has 0 unspecified atom stereocenters. The van der Waals surface area contributed by atoms with Crippen LogP contribution >= 0.6 is 38.5 Å². The van der Waals surface area contributed by atoms with Crippen LogP contribution in [0.15, 0.2) is 40.9 Å². The summed E-state index contributed by atoms with van der Waals surface area (Å²) in [6.45, 7) is 0. The summed E-state index contributed by atoms with van der Waals surface area (Å²) in [7, 11) is 0. The first-order valence-corrected chi connectivity index (χ1v) is 7.33. The summed E-state index contributed by atoms with van der Waals surface area (Å²) in [6.07, 6.45) is -4.38. The summed E-state index contributed by atoms with van der Waals surface area (Å²) < 4.78 is 39.6. The fourth-order valence-electron chi connectivity index (χ4n) is 1.59. The normalized spacial score (nSPS) is 11.4. The zero-order chi connectivity index (χ0) is 14.9. The van der Waals surface area contributed by atoms with Gasteiger partial charge in [-0.1, -0.05) is 0 Å². The van der Waals surface area contributed by atoms with Crippen molar-refractivity contribution in [3.8, 4) is 0 Å². The number of rotatable bonds is 2. The molecule has 0 bridgehead atoms. The van der Waals surface area contributed by atoms with Crippen LogP contribution in [-0.2, 0) is 6.18 Å². The van der Waals surface area contributed by atoms with E-state index in [4.69, 9.17) is 5.73 Å². The smallest absolute Gasteiger partial charge is 0.397 e. The van der Waals surface area contributed by atoms with Gasteiger partial charge in [0.05, 0.1) is 22.6 Å². The standard InChI is InChI=1S/C13H9BrF3IN2/c14-9-3-1-7(13(15,16)17)5-12(9)20-11-4-2-8(18)6-10(11)19/h1-6,20H,19H2. The maximum absolute atomic E-state index is 12.7. The Labute approximate surface area is 135 Å². The first kappa shape index (κ1) is 15.4. The van der Waals surface area contributed by atoms with Gasteiger partial charge in [-0.15, -0.1) is 0 Å². The van der Waals surface area contributed by atoms with E-state index >= 15 is 0 Å². The van der Waals surface area contributed by atoms with Gasteiger partial charge in [0.15, 0.2) is 0 Å². The van der Waals surface area contributed by atoms with Crippen LogP contribution in [0.25, 0.3) is 0 Å². The zero-order valence-corrected chi connectivity index (χ0v) is 13.7. The molecule has 0 amide bonds. The molecule has 0 saturated carbocycles. The molecule has 2 aromatic carbocycles. The van der Waals surface area contributed by atoms with Gasteiger partial charge in [-0.05, 0) is 74.9 Å². The minimum absolute atomic E-state index is 0.313. The van der Waals surface area contributed by atoms with E-state index in [1.54, 1.807) is 12.1 Å². The Hall–Kier alpha value is -0.960. The monoisotopic (exact) mass is 456 g/mol. The molecule has 20 heavy (non-hydrogen) atoms. The van der Waals surface area contributed by atoms with E-state index in [2.05, 4.69) is 43.8 Å². The molecule has 0 aliphatic heterocycles. The van der Waals surface area contributed by atoms with Gasteiger partial charge < -0.3 is 11.1 Å². The SMILES string of the molecule is Nc1cc(I)ccc1Nc1cc(C(F)(F)F)ccc1Br. The Morgan fingerprint density at radius 3 is 2.35 bits per heavy atom. The van der Waals surface area contributed by atoms with Crippen LogP contribution in [0.1, 0.15) is 5.56 Å². The van der Waals surface area contributed by atoms with Gasteiger partial charge in [-0.25, -0.2) is 0 Å². The number of nitrogen functional groups attached to an aromatic ring is 1. The molecule has 0 saturated heterocycles. The minimum atomic E-state index is -4.38. The van der Waals surface area contributed by atoms with Gasteiger partial charge in [-0.3, -0.25) is 0 Å². The van der Waals surface area contributed by atoms with Gasteiger partial charge in [0, 0.05) is 8.04 Å². The number of halogens is 5. The maximum atomic E-state index is 12.7. The average molecular weight is 457 g/mol. The van der Waals surface area contributed by atoms with Gasteiger partial charge in [0.25, 0.3) is 0 Å². The lowest BCUT2D eigenvalue weighted by molar-refractivity contribution is -0.137. The molecule has 2 nitrogen and oxygen atoms in total. The number of nitrogens with two attached hydrogens (primary N) is 1. The molecular formula is C13H9BrF3IN2. The first-order chi connectivity index (χ1) is 9.27. The molecule has 0 heterocycles. The van der Waals surface area contributed by atoms with Crippen molar-refractivity contribution in [2.45, 2.75) is 6.18 Å². The van der Waals surface area contributed by atoms with Crippen molar-refractivity contribution in [2.75, 3.05) is 11.1 Å². The second kappa shape index (κ2) is 5.80. The van der Waals surface area contributed by atoms with Crippen molar-refractivity contribution in [1.29, 1.82) is 0 Å². The molecule has 0 aliphatic rings. The van der Waals surface area contributed by atoms with Gasteiger partial charge in [0.1, 0.15) is 0 Å². The van der Waals surface area contributed by atoms with Crippen LogP contribution in [0.4, 0.5) is 30.2 Å². The van der Waals surface area contributed by atoms with Crippen molar-refractivity contribution < 1.29 is 13.2 Å². The molecule has 0 fully saturated rings. The number of hydrogen-bond acceptors (Lipinski definition) is 2. The van der Waals surface area contributed by atoms with Gasteiger partial charge in [0.2, 0.25) is 0 Å². The minimum Gasteiger partial charge on any atom is -0.397 e. The third-order valence-electron chi connectivity index (χ3n) is 2.58. The summed E-state index contributed by atoms with van der Waals surface area (Å²) in [5.41, 5.74) is 6.47. The van der Waals surface area contributed by atoms with E-state index in [0.717, 1.165) is 15.7 Å². The molecule has 106 valence electrons. The summed E-state index contributed by atoms with van der Waals surface area (Å²) in [5.74, 6) is 0. The largest absolute Gasteiger partial charge is 0.416 e. The van der Waals surface area contributed by atoms with Gasteiger partial charge >= 0.3 is 6.18 Å². The van der Waals surface area contributed by atoms with Crippen molar-refractivity contribution in [3.63, 3.8) is 0 Å². The van der Waals surface area contributed by atoms with E-state index < -0.39 is 11.7 Å². The average Bonchev–Trinajstić information content (AvgIpc) is 2.33. The molecule has 2 aromatic rings. The Bertz CT molecular complexity index is 644. The molecule has 0 aliphatic carbocycles. The molecule has 0 aromatic heterocycles. The highest BCUT2D eigenvalue weighted by Gasteiger charge is 2.30. The zero-order valence-electron chi connectivity index (χ0n) is 9.93. The third-order valence-corrected chi connectivity index (χ3v) is 3.94. The van der Waals surface area contributed by atoms with Crippen molar-refractivity contribution in [2.24, 2.45) is 0 Å². The van der Waals surface area contributed by atoms with Gasteiger partial charge in [-0.2, -0.15) is 13.2 Å². The highest BCUT2D eigenvalue weighted by Crippen LogP contribution is 2.36. The maximum Gasteiger partial charge on any atom is 0.416 e. The van der Waals surface area contributed by atoms with Crippen molar-refractivity contribution in [3.05, 3.63) is 50.0 Å². The lowest BCUT2D eigenvalue weighted by Crippen LogP contribution is -2.06. The molecule has 2 rings (SSSR count). The topological polar surface area (TPSA) is 38.0 Å². The summed E-state index contributed by atoms with van der Waals surface area (Å²) in [5, 5.41) is 2.90. The predicted molar refractivity (Wildman–Crippen MR) is 86.0 cm³/mol. The summed E-state index contributed by atoms with van der Waals surface area (Å²) in [6, 6.07) is 8.71. The summed E-state index contributed by atoms with van der Waals surface area (Å²) >= 11 is 5.33. The number of anilines is 3. The van der Waals surface area contributed by atoms with E-state index in [1.165, 1.54) is 6.07 Å². The number of nitrogens with one attached hydrogen (secondary N) is 1. The highest BCUT2D eigenvalue weighted by atomic mass is 127. The van der Waals surface area contributed by atoms with Crippen LogP contribution < -0.4 is 11.1 Å². The Morgan fingerprint density at radius 2 is 1.75 bits per heavy atom. The molecule has 0 atom stereocenters. The Kier molecular flexibility index (Phi) is 4.48. The fraction of sp³-hybridized carbons (Fsp3) is 0.0769. The molecule has 7 heteroatoms. The molecule has 0 spiro atoms. The van der Waals surface area contributed by atoms with E-state index in [9.17, 15) is 13.2 Å². The number of hydrogen-bond donors (Lipinski definition) is 2. The number of alkyl halides is 3. The lowest BCUT2D eigenvalue weighted by atomic mass is 10.2. The molecule has 3 N–H and O–H groups in total. The second-order valence-corrected chi connectivity index (χ2v) is 6.15. The van der Waals surface area contributed by atoms with Crippen LogP contribution in [0.2, 0.25) is 0 Å². The van der Waals surface area contributed by atoms with Crippen molar-refractivity contribution in [1.82, 2.24) is 0 Å². The second-order valence-electron chi connectivity index (χ2n) is 4.05. The molecule has 0 radical (unpaired) electrons. The number of benzene rings is 2. The van der Waals surface area contributed by atoms with Crippen molar-refractivity contribution >= 4 is 55.6 Å². The van der Waals surface area contributed by atoms with E-state index in [0.29, 0.717) is 21.5 Å². The van der Waals surface area contributed by atoms with E-state index in [-0.39, 0.29) is 0 Å². The van der Waals surface area contributed by atoms with Crippen LogP contribution in [-0.4, -0.2) is 0 Å². The third kappa shape index (κ3) is 3.57. The summed E-state index contributed by atoms with van der Waals surface area (Å²) in [4.78, 5) is 0. The first-order valence-electron chi connectivity index (χ1n) is 5.46. The lowest BCUT2D eigenvalue weighted by Gasteiger charge is -2.14. The predicted octanol–water partition coefficient (Wildman–Crippen LogP) is 5.40. The Balaban J connectivity index is 2.38. The van der Waals surface area contributed by atoms with Crippen LogP contribution in [0, 0.1) is 3.57 Å². The quantitative estimate of drug-likeness (QED) is 0.469. The highest BCUT2D eigenvalue weighted by molar-refractivity contribution is 14.1.